The standard InChI is InChI=1S/C21H38N6O2/c1-2-22-21(24-12-7-14-28-16-18-10-15-29-17-18)23-11-6-9-20-26-25-19-8-4-3-5-13-27(19)20/h18H,2-17H2,1H3,(H2,22,23,24). The summed E-state index contributed by atoms with van der Waals surface area (Å²) < 4.78 is 13.5. The Labute approximate surface area is 174 Å². The van der Waals surface area contributed by atoms with E-state index in [9.17, 15) is 0 Å². The van der Waals surface area contributed by atoms with Gasteiger partial charge in [0.1, 0.15) is 11.6 Å². The highest BCUT2D eigenvalue weighted by Crippen LogP contribution is 2.15. The lowest BCUT2D eigenvalue weighted by atomic mass is 10.1. The van der Waals surface area contributed by atoms with E-state index in [0.29, 0.717) is 5.92 Å². The molecule has 2 N–H and O–H groups in total. The van der Waals surface area contributed by atoms with Gasteiger partial charge in [0.05, 0.1) is 13.2 Å². The van der Waals surface area contributed by atoms with Crippen molar-refractivity contribution in [3.63, 3.8) is 0 Å². The Hall–Kier alpha value is -1.67. The summed E-state index contributed by atoms with van der Waals surface area (Å²) in [6, 6.07) is 0. The van der Waals surface area contributed by atoms with Crippen molar-refractivity contribution in [2.24, 2.45) is 10.9 Å². The topological polar surface area (TPSA) is 85.6 Å². The lowest BCUT2D eigenvalue weighted by Gasteiger charge is -2.12. The van der Waals surface area contributed by atoms with Crippen LogP contribution < -0.4 is 10.6 Å². The summed E-state index contributed by atoms with van der Waals surface area (Å²) in [6.07, 6.45) is 8.87. The smallest absolute Gasteiger partial charge is 0.191 e. The summed E-state index contributed by atoms with van der Waals surface area (Å²) >= 11 is 0. The molecular weight excluding hydrogens is 368 g/mol. The maximum absolute atomic E-state index is 5.76. The second-order valence-electron chi connectivity index (χ2n) is 7.94. The van der Waals surface area contributed by atoms with Crippen LogP contribution in [0.5, 0.6) is 0 Å². The Kier molecular flexibility index (Phi) is 9.72. The van der Waals surface area contributed by atoms with Crippen LogP contribution in [0.25, 0.3) is 0 Å². The Bertz CT molecular complexity index is 612. The Morgan fingerprint density at radius 1 is 1.24 bits per heavy atom. The number of hydrogen-bond donors (Lipinski definition) is 2. The SMILES string of the molecule is CCNC(=NCCCc1nnc2n1CCCCC2)NCCCOCC1CCOC1. The van der Waals surface area contributed by atoms with Crippen molar-refractivity contribution < 1.29 is 9.47 Å². The fourth-order valence-electron chi connectivity index (χ4n) is 3.85. The number of aromatic nitrogens is 3. The number of aryl methyl sites for hydroxylation is 2. The molecule has 0 bridgehead atoms. The summed E-state index contributed by atoms with van der Waals surface area (Å²) in [5, 5.41) is 15.5. The van der Waals surface area contributed by atoms with Crippen LogP contribution in [-0.4, -0.2) is 66.8 Å². The van der Waals surface area contributed by atoms with Gasteiger partial charge >= 0.3 is 0 Å². The molecule has 29 heavy (non-hydrogen) atoms. The summed E-state index contributed by atoms with van der Waals surface area (Å²) in [6.45, 7) is 9.02. The third-order valence-corrected chi connectivity index (χ3v) is 5.49. The molecule has 1 atom stereocenters. The number of nitrogens with one attached hydrogen (secondary N) is 2. The van der Waals surface area contributed by atoms with Crippen molar-refractivity contribution >= 4 is 5.96 Å². The molecule has 1 fully saturated rings. The fraction of sp³-hybridized carbons (Fsp3) is 0.857. The lowest BCUT2D eigenvalue weighted by Crippen LogP contribution is -2.38. The zero-order valence-electron chi connectivity index (χ0n) is 18.0. The third-order valence-electron chi connectivity index (χ3n) is 5.49. The van der Waals surface area contributed by atoms with Crippen LogP contribution >= 0.6 is 0 Å². The molecule has 8 heteroatoms. The molecule has 3 rings (SSSR count). The molecule has 0 amide bonds. The van der Waals surface area contributed by atoms with Gasteiger partial charge in [-0.25, -0.2) is 0 Å². The Morgan fingerprint density at radius 2 is 2.21 bits per heavy atom. The van der Waals surface area contributed by atoms with Gasteiger partial charge in [0.2, 0.25) is 0 Å². The zero-order valence-corrected chi connectivity index (χ0v) is 18.0. The number of ether oxygens (including phenoxy) is 2. The summed E-state index contributed by atoms with van der Waals surface area (Å²) in [5.74, 6) is 3.76. The van der Waals surface area contributed by atoms with Gasteiger partial charge in [-0.3, -0.25) is 4.99 Å². The monoisotopic (exact) mass is 406 g/mol. The maximum Gasteiger partial charge on any atom is 0.191 e. The maximum atomic E-state index is 5.76. The number of aliphatic imine (C=N–C) groups is 1. The van der Waals surface area contributed by atoms with Crippen molar-refractivity contribution in [2.75, 3.05) is 46.1 Å². The highest BCUT2D eigenvalue weighted by atomic mass is 16.5. The normalized spacial score (nSPS) is 19.8. The molecule has 0 spiro atoms. The largest absolute Gasteiger partial charge is 0.381 e. The summed E-state index contributed by atoms with van der Waals surface area (Å²) in [7, 11) is 0. The van der Waals surface area contributed by atoms with E-state index in [1.54, 1.807) is 0 Å². The second-order valence-corrected chi connectivity index (χ2v) is 7.94. The number of fused-ring (bicyclic) bond motifs is 1. The highest BCUT2D eigenvalue weighted by Gasteiger charge is 2.15. The first-order chi connectivity index (χ1) is 14.4. The van der Waals surface area contributed by atoms with E-state index in [-0.39, 0.29) is 0 Å². The summed E-state index contributed by atoms with van der Waals surface area (Å²) in [4.78, 5) is 4.70. The Balaban J connectivity index is 1.31. The van der Waals surface area contributed by atoms with E-state index in [4.69, 9.17) is 14.5 Å². The molecule has 3 heterocycles. The van der Waals surface area contributed by atoms with Crippen molar-refractivity contribution in [3.05, 3.63) is 11.6 Å². The molecule has 1 unspecified atom stereocenters. The first-order valence-corrected chi connectivity index (χ1v) is 11.5. The van der Waals surface area contributed by atoms with Gasteiger partial charge in [0.15, 0.2) is 5.96 Å². The first kappa shape index (κ1) is 22.0. The molecule has 1 aromatic heterocycles. The molecular formula is C21H38N6O2. The van der Waals surface area contributed by atoms with Gasteiger partial charge in [0, 0.05) is 58.2 Å². The lowest BCUT2D eigenvalue weighted by molar-refractivity contribution is 0.0888. The third kappa shape index (κ3) is 7.59. The predicted molar refractivity (Wildman–Crippen MR) is 114 cm³/mol. The molecule has 2 aliphatic rings. The van der Waals surface area contributed by atoms with Gasteiger partial charge in [-0.05, 0) is 39.0 Å². The average Bonchev–Trinajstić information content (AvgIpc) is 3.32. The quantitative estimate of drug-likeness (QED) is 0.332. The van der Waals surface area contributed by atoms with Crippen molar-refractivity contribution in [1.29, 1.82) is 0 Å². The van der Waals surface area contributed by atoms with Crippen molar-refractivity contribution in [1.82, 2.24) is 25.4 Å². The predicted octanol–water partition coefficient (Wildman–Crippen LogP) is 1.94. The molecule has 0 saturated carbocycles. The molecule has 0 radical (unpaired) electrons. The minimum atomic E-state index is 0.585. The van der Waals surface area contributed by atoms with E-state index in [1.807, 2.05) is 0 Å². The van der Waals surface area contributed by atoms with Crippen LogP contribution in [0.4, 0.5) is 0 Å². The van der Waals surface area contributed by atoms with E-state index in [2.05, 4.69) is 32.3 Å². The van der Waals surface area contributed by atoms with E-state index >= 15 is 0 Å². The fourth-order valence-corrected chi connectivity index (χ4v) is 3.85. The van der Waals surface area contributed by atoms with Crippen molar-refractivity contribution in [2.45, 2.75) is 64.8 Å². The molecule has 2 aliphatic heterocycles. The first-order valence-electron chi connectivity index (χ1n) is 11.5. The summed E-state index contributed by atoms with van der Waals surface area (Å²) in [5.41, 5.74) is 0. The van der Waals surface area contributed by atoms with Gasteiger partial charge in [0.25, 0.3) is 0 Å². The highest BCUT2D eigenvalue weighted by molar-refractivity contribution is 5.79. The number of nitrogens with zero attached hydrogens (tertiary/aromatic N) is 4. The number of rotatable bonds is 11. The van der Waals surface area contributed by atoms with Gasteiger partial charge in [-0.15, -0.1) is 10.2 Å². The molecule has 164 valence electrons. The molecule has 8 nitrogen and oxygen atoms in total. The number of hydrogen-bond acceptors (Lipinski definition) is 5. The van der Waals surface area contributed by atoms with Gasteiger partial charge in [-0.1, -0.05) is 6.42 Å². The van der Waals surface area contributed by atoms with Crippen LogP contribution in [0, 0.1) is 5.92 Å². The van der Waals surface area contributed by atoms with Crippen LogP contribution in [0.3, 0.4) is 0 Å². The average molecular weight is 407 g/mol. The number of guanidine groups is 1. The van der Waals surface area contributed by atoms with Crippen LogP contribution in [0.1, 0.15) is 57.1 Å². The van der Waals surface area contributed by atoms with Gasteiger partial charge < -0.3 is 24.7 Å². The minimum Gasteiger partial charge on any atom is -0.381 e. The molecule has 0 aliphatic carbocycles. The Morgan fingerprint density at radius 3 is 3.07 bits per heavy atom. The minimum absolute atomic E-state index is 0.585. The van der Waals surface area contributed by atoms with Crippen LogP contribution in [-0.2, 0) is 28.9 Å². The van der Waals surface area contributed by atoms with E-state index in [0.717, 1.165) is 96.5 Å². The van der Waals surface area contributed by atoms with Crippen LogP contribution in [0.15, 0.2) is 4.99 Å². The second kappa shape index (κ2) is 12.8. The van der Waals surface area contributed by atoms with E-state index < -0.39 is 0 Å². The molecule has 0 aromatic carbocycles. The van der Waals surface area contributed by atoms with Gasteiger partial charge in [-0.2, -0.15) is 0 Å². The van der Waals surface area contributed by atoms with Crippen LogP contribution in [0.2, 0.25) is 0 Å². The molecule has 1 aromatic rings. The molecule has 1 saturated heterocycles. The van der Waals surface area contributed by atoms with E-state index in [1.165, 1.54) is 25.1 Å². The van der Waals surface area contributed by atoms with Crippen molar-refractivity contribution in [3.8, 4) is 0 Å². The zero-order chi connectivity index (χ0) is 20.2.